The molecule has 2 radical (unpaired) electrons. The third-order valence-electron chi connectivity index (χ3n) is 0.991. The Morgan fingerprint density at radius 1 is 1.22 bits per heavy atom. The zero-order chi connectivity index (χ0) is 6.15. The molecule has 1 heterocycles. The molecule has 0 aromatic carbocycles. The second kappa shape index (κ2) is 3.55. The fourth-order valence-electron chi connectivity index (χ4n) is 0.549. The SMILES string of the molecule is O=C1CCC(=O)N1Br.[SnH2]. The Hall–Kier alpha value is 0.419. The molecule has 0 bridgehead atoms. The summed E-state index contributed by atoms with van der Waals surface area (Å²) in [6.07, 6.45) is 0.703. The molecule has 2 amide bonds. The molecule has 0 unspecified atom stereocenters. The summed E-state index contributed by atoms with van der Waals surface area (Å²) in [6.45, 7) is 0. The average molecular weight is 299 g/mol. The standard InChI is InChI=1S/C4H4BrNO2.Sn.2H/c5-6-3(7)1-2-4(6)8;;;/h1-2H2;;;. The normalized spacial score (nSPS) is 18.1. The number of imide groups is 1. The monoisotopic (exact) mass is 299 g/mol. The van der Waals surface area contributed by atoms with Crippen molar-refractivity contribution in [1.29, 1.82) is 0 Å². The first-order valence-corrected chi connectivity index (χ1v) is 2.94. The Labute approximate surface area is 78.1 Å². The van der Waals surface area contributed by atoms with Gasteiger partial charge in [0.25, 0.3) is 0 Å². The van der Waals surface area contributed by atoms with Crippen LogP contribution in [0, 0.1) is 0 Å². The van der Waals surface area contributed by atoms with Crippen molar-refractivity contribution in [3.8, 4) is 0 Å². The van der Waals surface area contributed by atoms with Crippen molar-refractivity contribution in [2.24, 2.45) is 0 Å². The van der Waals surface area contributed by atoms with Crippen LogP contribution in [0.3, 0.4) is 0 Å². The summed E-state index contributed by atoms with van der Waals surface area (Å²) in [5.74, 6) is -0.287. The number of halogens is 1. The van der Waals surface area contributed by atoms with Crippen molar-refractivity contribution in [2.75, 3.05) is 0 Å². The minimum atomic E-state index is -0.144. The van der Waals surface area contributed by atoms with Crippen LogP contribution < -0.4 is 0 Å². The molecule has 50 valence electrons. The molecule has 1 fully saturated rings. The van der Waals surface area contributed by atoms with E-state index in [0.717, 1.165) is 3.93 Å². The molecule has 0 spiro atoms. The van der Waals surface area contributed by atoms with E-state index in [4.69, 9.17) is 0 Å². The van der Waals surface area contributed by atoms with Crippen molar-refractivity contribution in [2.45, 2.75) is 12.8 Å². The van der Waals surface area contributed by atoms with Crippen molar-refractivity contribution in [3.63, 3.8) is 0 Å². The first-order valence-electron chi connectivity index (χ1n) is 2.23. The van der Waals surface area contributed by atoms with Crippen LogP contribution in [0.5, 0.6) is 0 Å². The molecule has 0 saturated carbocycles. The van der Waals surface area contributed by atoms with Crippen LogP contribution in [0.1, 0.15) is 12.8 Å². The number of carbonyl (C=O) groups is 2. The fourth-order valence-corrected chi connectivity index (χ4v) is 0.904. The number of hydrogen-bond acceptors (Lipinski definition) is 2. The quantitative estimate of drug-likeness (QED) is 0.344. The number of nitrogens with zero attached hydrogens (tertiary/aromatic N) is 1. The van der Waals surface area contributed by atoms with Gasteiger partial charge >= 0.3 is 23.9 Å². The molecule has 1 aliphatic heterocycles. The van der Waals surface area contributed by atoms with Gasteiger partial charge in [-0.2, -0.15) is 0 Å². The van der Waals surface area contributed by atoms with E-state index in [9.17, 15) is 9.59 Å². The molecule has 5 heteroatoms. The van der Waals surface area contributed by atoms with Gasteiger partial charge in [-0.1, -0.05) is 0 Å². The van der Waals surface area contributed by atoms with Gasteiger partial charge < -0.3 is 0 Å². The Balaban J connectivity index is 0.000000640. The van der Waals surface area contributed by atoms with Crippen LogP contribution in [0.25, 0.3) is 0 Å². The van der Waals surface area contributed by atoms with E-state index in [1.807, 2.05) is 0 Å². The summed E-state index contributed by atoms with van der Waals surface area (Å²) in [4.78, 5) is 20.9. The molecule has 0 atom stereocenters. The van der Waals surface area contributed by atoms with E-state index in [2.05, 4.69) is 16.1 Å². The third-order valence-corrected chi connectivity index (χ3v) is 1.78. The number of carbonyl (C=O) groups excluding carboxylic acids is 2. The maximum absolute atomic E-state index is 10.4. The van der Waals surface area contributed by atoms with Crippen molar-refractivity contribution in [3.05, 3.63) is 0 Å². The first-order chi connectivity index (χ1) is 3.72. The van der Waals surface area contributed by atoms with Crippen LogP contribution >= 0.6 is 16.1 Å². The van der Waals surface area contributed by atoms with E-state index in [1.54, 1.807) is 0 Å². The maximum atomic E-state index is 10.4. The van der Waals surface area contributed by atoms with Gasteiger partial charge in [0.1, 0.15) is 0 Å². The van der Waals surface area contributed by atoms with Crippen LogP contribution in [-0.2, 0) is 9.59 Å². The Morgan fingerprint density at radius 3 is 1.67 bits per heavy atom. The van der Waals surface area contributed by atoms with Gasteiger partial charge in [0.05, 0.1) is 16.1 Å². The number of hydrogen-bond donors (Lipinski definition) is 0. The topological polar surface area (TPSA) is 37.4 Å². The second-order valence-electron chi connectivity index (χ2n) is 1.57. The average Bonchev–Trinajstić information content (AvgIpc) is 1.98. The van der Waals surface area contributed by atoms with Crippen molar-refractivity contribution in [1.82, 2.24) is 3.93 Å². The Morgan fingerprint density at radius 2 is 1.56 bits per heavy atom. The van der Waals surface area contributed by atoms with Gasteiger partial charge in [-0.05, 0) is 0 Å². The molecule has 1 rings (SSSR count). The van der Waals surface area contributed by atoms with Gasteiger partial charge in [-0.25, -0.2) is 3.93 Å². The van der Waals surface area contributed by atoms with Gasteiger partial charge in [-0.15, -0.1) is 0 Å². The third kappa shape index (κ3) is 1.93. The van der Waals surface area contributed by atoms with E-state index in [-0.39, 0.29) is 35.7 Å². The van der Waals surface area contributed by atoms with Crippen LogP contribution in [0.4, 0.5) is 0 Å². The van der Waals surface area contributed by atoms with Crippen LogP contribution in [0.15, 0.2) is 0 Å². The number of rotatable bonds is 0. The zero-order valence-corrected chi connectivity index (χ0v) is 10.4. The zero-order valence-electron chi connectivity index (χ0n) is 4.76. The van der Waals surface area contributed by atoms with Crippen LogP contribution in [-0.4, -0.2) is 39.6 Å². The summed E-state index contributed by atoms with van der Waals surface area (Å²) in [6, 6.07) is 0. The molecule has 3 nitrogen and oxygen atoms in total. The van der Waals surface area contributed by atoms with Crippen LogP contribution in [0.2, 0.25) is 0 Å². The van der Waals surface area contributed by atoms with E-state index >= 15 is 0 Å². The van der Waals surface area contributed by atoms with Gasteiger partial charge in [0, 0.05) is 12.8 Å². The molecular formula is C4H6BrNO2Sn. The number of amides is 2. The predicted octanol–water partition coefficient (Wildman–Crippen LogP) is -0.471. The summed E-state index contributed by atoms with van der Waals surface area (Å²) >= 11 is 2.80. The molecular weight excluding hydrogens is 293 g/mol. The van der Waals surface area contributed by atoms with E-state index in [1.165, 1.54) is 0 Å². The second-order valence-corrected chi connectivity index (χ2v) is 2.28. The summed E-state index contributed by atoms with van der Waals surface area (Å²) in [5.41, 5.74) is 0. The Bertz CT molecular complexity index is 134. The van der Waals surface area contributed by atoms with Crippen molar-refractivity contribution < 1.29 is 9.59 Å². The summed E-state index contributed by atoms with van der Waals surface area (Å²) < 4.78 is 0.979. The van der Waals surface area contributed by atoms with Gasteiger partial charge in [0.2, 0.25) is 11.8 Å². The van der Waals surface area contributed by atoms with E-state index in [0.29, 0.717) is 12.8 Å². The molecule has 0 aromatic heterocycles. The fraction of sp³-hybridized carbons (Fsp3) is 0.500. The molecule has 0 N–H and O–H groups in total. The Kier molecular flexibility index (Phi) is 3.72. The van der Waals surface area contributed by atoms with Crippen molar-refractivity contribution >= 4 is 51.9 Å². The predicted molar refractivity (Wildman–Crippen MR) is 38.6 cm³/mol. The minimum absolute atomic E-state index is 0. The van der Waals surface area contributed by atoms with E-state index < -0.39 is 0 Å². The molecule has 9 heavy (non-hydrogen) atoms. The molecule has 0 aromatic rings. The summed E-state index contributed by atoms with van der Waals surface area (Å²) in [7, 11) is 0. The van der Waals surface area contributed by atoms with Gasteiger partial charge in [0.15, 0.2) is 0 Å². The molecule has 1 aliphatic rings. The molecule has 0 aliphatic carbocycles. The first kappa shape index (κ1) is 9.42. The summed E-state index contributed by atoms with van der Waals surface area (Å²) in [5, 5.41) is 0. The molecule has 1 saturated heterocycles. The van der Waals surface area contributed by atoms with Gasteiger partial charge in [-0.3, -0.25) is 9.59 Å².